The SMILES string of the molecule is CCCOc1ccc(/C=C/C(=O)NCCCN2CCCCCC2)cc1OC. The lowest BCUT2D eigenvalue weighted by Gasteiger charge is -2.19. The molecule has 1 amide bonds. The van der Waals surface area contributed by atoms with Crippen LogP contribution in [0.25, 0.3) is 6.08 Å². The van der Waals surface area contributed by atoms with E-state index in [9.17, 15) is 4.79 Å². The first kappa shape index (κ1) is 21.3. The number of hydrogen-bond acceptors (Lipinski definition) is 4. The predicted molar refractivity (Wildman–Crippen MR) is 110 cm³/mol. The van der Waals surface area contributed by atoms with Crippen molar-refractivity contribution in [2.45, 2.75) is 45.4 Å². The van der Waals surface area contributed by atoms with E-state index < -0.39 is 0 Å². The van der Waals surface area contributed by atoms with Gasteiger partial charge in [-0.15, -0.1) is 0 Å². The normalized spacial score (nSPS) is 15.5. The van der Waals surface area contributed by atoms with Gasteiger partial charge in [-0.1, -0.05) is 25.8 Å². The molecule has 0 aromatic heterocycles. The van der Waals surface area contributed by atoms with Crippen molar-refractivity contribution in [3.8, 4) is 11.5 Å². The van der Waals surface area contributed by atoms with Gasteiger partial charge in [-0.05, 0) is 69.1 Å². The molecule has 150 valence electrons. The molecule has 27 heavy (non-hydrogen) atoms. The third kappa shape index (κ3) is 8.04. The molecule has 1 saturated heterocycles. The molecule has 0 bridgehead atoms. The van der Waals surface area contributed by atoms with Crippen LogP contribution in [-0.4, -0.2) is 50.7 Å². The first-order valence-corrected chi connectivity index (χ1v) is 10.2. The van der Waals surface area contributed by atoms with E-state index in [1.54, 1.807) is 19.3 Å². The second kappa shape index (κ2) is 12.4. The van der Waals surface area contributed by atoms with Gasteiger partial charge in [-0.2, -0.15) is 0 Å². The summed E-state index contributed by atoms with van der Waals surface area (Å²) in [5.74, 6) is 1.36. The van der Waals surface area contributed by atoms with Gasteiger partial charge in [-0.3, -0.25) is 4.79 Å². The fourth-order valence-corrected chi connectivity index (χ4v) is 3.22. The maximum Gasteiger partial charge on any atom is 0.243 e. The number of likely N-dealkylation sites (tertiary alicyclic amines) is 1. The molecule has 5 heteroatoms. The monoisotopic (exact) mass is 374 g/mol. The molecule has 0 spiro atoms. The van der Waals surface area contributed by atoms with Crippen LogP contribution in [0.2, 0.25) is 0 Å². The Kier molecular flexibility index (Phi) is 9.77. The summed E-state index contributed by atoms with van der Waals surface area (Å²) < 4.78 is 11.0. The number of benzene rings is 1. The fraction of sp³-hybridized carbons (Fsp3) is 0.591. The van der Waals surface area contributed by atoms with Crippen LogP contribution in [0.4, 0.5) is 0 Å². The van der Waals surface area contributed by atoms with Gasteiger partial charge < -0.3 is 19.7 Å². The predicted octanol–water partition coefficient (Wildman–Crippen LogP) is 3.88. The molecule has 1 N–H and O–H groups in total. The van der Waals surface area contributed by atoms with Gasteiger partial charge in [0.05, 0.1) is 13.7 Å². The number of nitrogens with one attached hydrogen (secondary N) is 1. The Hall–Kier alpha value is -2.01. The van der Waals surface area contributed by atoms with Gasteiger partial charge in [0, 0.05) is 12.6 Å². The highest BCUT2D eigenvalue weighted by molar-refractivity contribution is 5.91. The molecule has 0 unspecified atom stereocenters. The zero-order valence-electron chi connectivity index (χ0n) is 16.8. The van der Waals surface area contributed by atoms with E-state index in [-0.39, 0.29) is 5.91 Å². The lowest BCUT2D eigenvalue weighted by atomic mass is 10.2. The zero-order chi connectivity index (χ0) is 19.3. The molecule has 1 aromatic carbocycles. The van der Waals surface area contributed by atoms with Crippen LogP contribution in [0.1, 0.15) is 51.0 Å². The van der Waals surface area contributed by atoms with E-state index >= 15 is 0 Å². The Morgan fingerprint density at radius 1 is 1.19 bits per heavy atom. The quantitative estimate of drug-likeness (QED) is 0.499. The number of amides is 1. The van der Waals surface area contributed by atoms with Gasteiger partial charge in [0.1, 0.15) is 0 Å². The number of ether oxygens (including phenoxy) is 2. The van der Waals surface area contributed by atoms with Crippen LogP contribution in [-0.2, 0) is 4.79 Å². The van der Waals surface area contributed by atoms with Crippen molar-refractivity contribution in [1.29, 1.82) is 0 Å². The maximum atomic E-state index is 12.0. The molecule has 5 nitrogen and oxygen atoms in total. The highest BCUT2D eigenvalue weighted by atomic mass is 16.5. The minimum atomic E-state index is -0.0591. The smallest absolute Gasteiger partial charge is 0.243 e. The number of rotatable bonds is 10. The molecule has 0 atom stereocenters. The molecule has 2 rings (SSSR count). The topological polar surface area (TPSA) is 50.8 Å². The summed E-state index contributed by atoms with van der Waals surface area (Å²) in [4.78, 5) is 14.5. The second-order valence-corrected chi connectivity index (χ2v) is 6.99. The van der Waals surface area contributed by atoms with Crippen molar-refractivity contribution in [1.82, 2.24) is 10.2 Å². The van der Waals surface area contributed by atoms with Crippen molar-refractivity contribution in [3.05, 3.63) is 29.8 Å². The third-order valence-corrected chi connectivity index (χ3v) is 4.73. The Morgan fingerprint density at radius 3 is 2.67 bits per heavy atom. The summed E-state index contributed by atoms with van der Waals surface area (Å²) in [7, 11) is 1.62. The molecule has 0 aliphatic carbocycles. The number of carbonyl (C=O) groups excluding carboxylic acids is 1. The van der Waals surface area contributed by atoms with E-state index in [4.69, 9.17) is 9.47 Å². The molecular weight excluding hydrogens is 340 g/mol. The minimum absolute atomic E-state index is 0.0591. The molecule has 1 fully saturated rings. The zero-order valence-corrected chi connectivity index (χ0v) is 16.8. The Balaban J connectivity index is 1.73. The molecule has 0 radical (unpaired) electrons. The number of carbonyl (C=O) groups is 1. The van der Waals surface area contributed by atoms with Crippen molar-refractivity contribution < 1.29 is 14.3 Å². The molecular formula is C22H34N2O3. The van der Waals surface area contributed by atoms with Gasteiger partial charge in [0.15, 0.2) is 11.5 Å². The average Bonchev–Trinajstić information content (AvgIpc) is 2.97. The highest BCUT2D eigenvalue weighted by Gasteiger charge is 2.08. The van der Waals surface area contributed by atoms with Crippen LogP contribution >= 0.6 is 0 Å². The fourth-order valence-electron chi connectivity index (χ4n) is 3.22. The number of hydrogen-bond donors (Lipinski definition) is 1. The van der Waals surface area contributed by atoms with Crippen molar-refractivity contribution >= 4 is 12.0 Å². The first-order valence-electron chi connectivity index (χ1n) is 10.2. The van der Waals surface area contributed by atoms with E-state index in [1.807, 2.05) is 18.2 Å². The third-order valence-electron chi connectivity index (χ3n) is 4.73. The lowest BCUT2D eigenvalue weighted by Crippen LogP contribution is -2.30. The summed E-state index contributed by atoms with van der Waals surface area (Å²) in [6, 6.07) is 5.69. The largest absolute Gasteiger partial charge is 0.493 e. The van der Waals surface area contributed by atoms with Crippen LogP contribution in [0.5, 0.6) is 11.5 Å². The molecule has 1 aliphatic heterocycles. The summed E-state index contributed by atoms with van der Waals surface area (Å²) in [6.07, 6.45) is 10.6. The molecule has 1 aromatic rings. The number of nitrogens with zero attached hydrogens (tertiary/aromatic N) is 1. The Morgan fingerprint density at radius 2 is 1.96 bits per heavy atom. The standard InChI is InChI=1S/C22H34N2O3/c1-3-17-27-20-11-9-19(18-21(20)26-2)10-12-22(25)23-13-8-16-24-14-6-4-5-7-15-24/h9-12,18H,3-8,13-17H2,1-2H3,(H,23,25)/b12-10+. The van der Waals surface area contributed by atoms with Gasteiger partial charge in [-0.25, -0.2) is 0 Å². The number of methoxy groups -OCH3 is 1. The second-order valence-electron chi connectivity index (χ2n) is 6.99. The summed E-state index contributed by atoms with van der Waals surface area (Å²) in [5.41, 5.74) is 0.912. The highest BCUT2D eigenvalue weighted by Crippen LogP contribution is 2.28. The summed E-state index contributed by atoms with van der Waals surface area (Å²) in [6.45, 7) is 6.91. The first-order chi connectivity index (χ1) is 13.2. The van der Waals surface area contributed by atoms with Crippen LogP contribution < -0.4 is 14.8 Å². The Labute approximate surface area is 163 Å². The van der Waals surface area contributed by atoms with E-state index in [0.717, 1.165) is 30.7 Å². The lowest BCUT2D eigenvalue weighted by molar-refractivity contribution is -0.116. The molecule has 0 saturated carbocycles. The van der Waals surface area contributed by atoms with Crippen LogP contribution in [0.3, 0.4) is 0 Å². The van der Waals surface area contributed by atoms with Crippen molar-refractivity contribution in [2.24, 2.45) is 0 Å². The van der Waals surface area contributed by atoms with E-state index in [0.29, 0.717) is 18.9 Å². The van der Waals surface area contributed by atoms with E-state index in [2.05, 4.69) is 17.1 Å². The van der Waals surface area contributed by atoms with Gasteiger partial charge in [0.25, 0.3) is 0 Å². The van der Waals surface area contributed by atoms with Gasteiger partial charge in [0.2, 0.25) is 5.91 Å². The van der Waals surface area contributed by atoms with E-state index in [1.165, 1.54) is 38.8 Å². The van der Waals surface area contributed by atoms with Crippen LogP contribution in [0.15, 0.2) is 24.3 Å². The average molecular weight is 375 g/mol. The molecule has 1 aliphatic rings. The van der Waals surface area contributed by atoms with Crippen molar-refractivity contribution in [3.63, 3.8) is 0 Å². The summed E-state index contributed by atoms with van der Waals surface area (Å²) in [5, 5.41) is 2.97. The maximum absolute atomic E-state index is 12.0. The molecule has 1 heterocycles. The Bertz CT molecular complexity index is 593. The van der Waals surface area contributed by atoms with Crippen LogP contribution in [0, 0.1) is 0 Å². The van der Waals surface area contributed by atoms with Gasteiger partial charge >= 0.3 is 0 Å². The summed E-state index contributed by atoms with van der Waals surface area (Å²) >= 11 is 0. The minimum Gasteiger partial charge on any atom is -0.493 e. The van der Waals surface area contributed by atoms with Crippen molar-refractivity contribution in [2.75, 3.05) is 39.9 Å².